The van der Waals surface area contributed by atoms with Crippen LogP contribution in [0.3, 0.4) is 0 Å². The summed E-state index contributed by atoms with van der Waals surface area (Å²) < 4.78 is 7.59. The van der Waals surface area contributed by atoms with Crippen LogP contribution in [-0.2, 0) is 11.3 Å². The van der Waals surface area contributed by atoms with E-state index in [4.69, 9.17) is 4.74 Å². The van der Waals surface area contributed by atoms with Crippen LogP contribution >= 0.6 is 0 Å². The van der Waals surface area contributed by atoms with Crippen LogP contribution in [0.15, 0.2) is 12.4 Å². The van der Waals surface area contributed by atoms with Crippen LogP contribution in [0.25, 0.3) is 0 Å². The maximum absolute atomic E-state index is 5.73. The van der Waals surface area contributed by atoms with Crippen molar-refractivity contribution < 1.29 is 4.74 Å². The Morgan fingerprint density at radius 2 is 2.44 bits per heavy atom. The van der Waals surface area contributed by atoms with Gasteiger partial charge in [0.25, 0.3) is 0 Å². The Balaban J connectivity index is 1.52. The van der Waals surface area contributed by atoms with Crippen molar-refractivity contribution in [2.45, 2.75) is 26.0 Å². The number of hydrogen-bond donors (Lipinski definition) is 1. The van der Waals surface area contributed by atoms with E-state index in [2.05, 4.69) is 27.5 Å². The van der Waals surface area contributed by atoms with E-state index in [1.807, 2.05) is 10.9 Å². The number of likely N-dealkylation sites (N-methyl/N-ethyl adjacent to an activating group) is 1. The Labute approximate surface area is 108 Å². The van der Waals surface area contributed by atoms with Crippen molar-refractivity contribution >= 4 is 0 Å². The van der Waals surface area contributed by atoms with Gasteiger partial charge in [0.15, 0.2) is 0 Å². The third-order valence-corrected chi connectivity index (χ3v) is 3.25. The molecule has 1 saturated heterocycles. The first-order valence-corrected chi connectivity index (χ1v) is 6.77. The number of nitrogens with one attached hydrogen (secondary N) is 1. The summed E-state index contributed by atoms with van der Waals surface area (Å²) in [5, 5.41) is 11.2. The molecule has 1 aromatic heterocycles. The largest absolute Gasteiger partial charge is 0.374 e. The fourth-order valence-electron chi connectivity index (χ4n) is 2.17. The van der Waals surface area contributed by atoms with Crippen LogP contribution < -0.4 is 5.32 Å². The number of hydrogen-bond acceptors (Lipinski definition) is 5. The molecule has 0 spiro atoms. The van der Waals surface area contributed by atoms with Gasteiger partial charge in [0.2, 0.25) is 0 Å². The lowest BCUT2D eigenvalue weighted by atomic mass is 10.2. The minimum Gasteiger partial charge on any atom is -0.374 e. The molecular weight excluding hydrogens is 230 g/mol. The summed E-state index contributed by atoms with van der Waals surface area (Å²) in [7, 11) is 0. The number of aromatic nitrogens is 3. The molecule has 0 bridgehead atoms. The van der Waals surface area contributed by atoms with Gasteiger partial charge in [-0.3, -0.25) is 9.58 Å². The van der Waals surface area contributed by atoms with Crippen molar-refractivity contribution in [2.75, 3.05) is 39.3 Å². The highest BCUT2D eigenvalue weighted by Gasteiger charge is 2.18. The summed E-state index contributed by atoms with van der Waals surface area (Å²) >= 11 is 0. The van der Waals surface area contributed by atoms with Crippen LogP contribution in [0.2, 0.25) is 0 Å². The predicted molar refractivity (Wildman–Crippen MR) is 69.4 cm³/mol. The van der Waals surface area contributed by atoms with Crippen molar-refractivity contribution in [2.24, 2.45) is 0 Å². The number of nitrogens with zero attached hydrogens (tertiary/aromatic N) is 4. The molecule has 1 atom stereocenters. The van der Waals surface area contributed by atoms with E-state index >= 15 is 0 Å². The molecule has 0 radical (unpaired) electrons. The Bertz CT molecular complexity index is 316. The molecule has 6 nitrogen and oxygen atoms in total. The molecule has 1 aliphatic rings. The summed E-state index contributed by atoms with van der Waals surface area (Å²) in [4.78, 5) is 2.44. The fraction of sp³-hybridized carbons (Fsp3) is 0.833. The summed E-state index contributed by atoms with van der Waals surface area (Å²) in [5.41, 5.74) is 0. The van der Waals surface area contributed by atoms with Gasteiger partial charge in [-0.2, -0.15) is 0 Å². The van der Waals surface area contributed by atoms with Crippen LogP contribution in [0.5, 0.6) is 0 Å². The first kappa shape index (κ1) is 13.5. The molecule has 18 heavy (non-hydrogen) atoms. The molecule has 1 aromatic rings. The second-order valence-electron chi connectivity index (χ2n) is 4.61. The van der Waals surface area contributed by atoms with Crippen LogP contribution in [0, 0.1) is 0 Å². The molecule has 1 N–H and O–H groups in total. The van der Waals surface area contributed by atoms with E-state index in [9.17, 15) is 0 Å². The smallest absolute Gasteiger partial charge is 0.0826 e. The number of morpholine rings is 1. The van der Waals surface area contributed by atoms with E-state index in [1.54, 1.807) is 6.20 Å². The van der Waals surface area contributed by atoms with Gasteiger partial charge in [0.05, 0.1) is 18.9 Å². The zero-order chi connectivity index (χ0) is 12.6. The Kier molecular flexibility index (Phi) is 5.57. The van der Waals surface area contributed by atoms with Crippen molar-refractivity contribution in [3.05, 3.63) is 12.4 Å². The predicted octanol–water partition coefficient (Wildman–Crippen LogP) is -0.0215. The highest BCUT2D eigenvalue weighted by atomic mass is 16.5. The normalized spacial score (nSPS) is 21.3. The van der Waals surface area contributed by atoms with Gasteiger partial charge in [0.1, 0.15) is 0 Å². The highest BCUT2D eigenvalue weighted by Crippen LogP contribution is 2.03. The Morgan fingerprint density at radius 1 is 1.50 bits per heavy atom. The zero-order valence-electron chi connectivity index (χ0n) is 11.1. The number of rotatable bonds is 7. The summed E-state index contributed by atoms with van der Waals surface area (Å²) in [6.07, 6.45) is 5.00. The fourth-order valence-corrected chi connectivity index (χ4v) is 2.17. The molecule has 6 heteroatoms. The lowest BCUT2D eigenvalue weighted by Crippen LogP contribution is -2.46. The first-order chi connectivity index (χ1) is 8.88. The molecule has 0 amide bonds. The lowest BCUT2D eigenvalue weighted by molar-refractivity contribution is -0.0251. The molecule has 1 aliphatic heterocycles. The third-order valence-electron chi connectivity index (χ3n) is 3.25. The first-order valence-electron chi connectivity index (χ1n) is 6.77. The summed E-state index contributed by atoms with van der Waals surface area (Å²) in [6.45, 7) is 9.14. The van der Waals surface area contributed by atoms with E-state index < -0.39 is 0 Å². The second kappa shape index (κ2) is 7.45. The van der Waals surface area contributed by atoms with Crippen LogP contribution in [0.4, 0.5) is 0 Å². The molecule has 2 rings (SSSR count). The van der Waals surface area contributed by atoms with Crippen molar-refractivity contribution in [1.29, 1.82) is 0 Å². The average molecular weight is 253 g/mol. The average Bonchev–Trinajstić information content (AvgIpc) is 2.92. The SMILES string of the molecule is CCN1CCOC(CNCCCn2ccnn2)C1. The Morgan fingerprint density at radius 3 is 3.22 bits per heavy atom. The zero-order valence-corrected chi connectivity index (χ0v) is 11.1. The Hall–Kier alpha value is -0.980. The minimum atomic E-state index is 0.338. The number of aryl methyl sites for hydroxylation is 1. The van der Waals surface area contributed by atoms with E-state index in [-0.39, 0.29) is 0 Å². The van der Waals surface area contributed by atoms with Gasteiger partial charge in [0, 0.05) is 32.4 Å². The quantitative estimate of drug-likeness (QED) is 0.692. The third kappa shape index (κ3) is 4.36. The van der Waals surface area contributed by atoms with Gasteiger partial charge in [-0.05, 0) is 19.5 Å². The standard InChI is InChI=1S/C12H23N5O/c1-2-16-8-9-18-12(11-16)10-13-4-3-6-17-7-5-14-15-17/h5,7,12-13H,2-4,6,8-11H2,1H3. The molecule has 0 aromatic carbocycles. The van der Waals surface area contributed by atoms with Gasteiger partial charge in [-0.25, -0.2) is 0 Å². The summed E-state index contributed by atoms with van der Waals surface area (Å²) in [6, 6.07) is 0. The van der Waals surface area contributed by atoms with Crippen molar-refractivity contribution in [3.8, 4) is 0 Å². The van der Waals surface area contributed by atoms with Crippen molar-refractivity contribution in [3.63, 3.8) is 0 Å². The maximum atomic E-state index is 5.73. The molecule has 1 unspecified atom stereocenters. The van der Waals surface area contributed by atoms with E-state index in [0.29, 0.717) is 6.10 Å². The van der Waals surface area contributed by atoms with Gasteiger partial charge >= 0.3 is 0 Å². The van der Waals surface area contributed by atoms with Gasteiger partial charge in [-0.15, -0.1) is 5.10 Å². The van der Waals surface area contributed by atoms with Crippen LogP contribution in [-0.4, -0.2) is 65.3 Å². The molecule has 102 valence electrons. The molecule has 2 heterocycles. The lowest BCUT2D eigenvalue weighted by Gasteiger charge is -2.32. The minimum absolute atomic E-state index is 0.338. The molecule has 0 saturated carbocycles. The molecular formula is C12H23N5O. The van der Waals surface area contributed by atoms with E-state index in [0.717, 1.165) is 52.3 Å². The number of ether oxygens (including phenoxy) is 1. The second-order valence-corrected chi connectivity index (χ2v) is 4.61. The van der Waals surface area contributed by atoms with Gasteiger partial charge in [-0.1, -0.05) is 12.1 Å². The van der Waals surface area contributed by atoms with Crippen molar-refractivity contribution in [1.82, 2.24) is 25.2 Å². The maximum Gasteiger partial charge on any atom is 0.0826 e. The summed E-state index contributed by atoms with van der Waals surface area (Å²) in [5.74, 6) is 0. The van der Waals surface area contributed by atoms with E-state index in [1.165, 1.54) is 0 Å². The monoisotopic (exact) mass is 253 g/mol. The highest BCUT2D eigenvalue weighted by molar-refractivity contribution is 4.72. The van der Waals surface area contributed by atoms with Crippen LogP contribution in [0.1, 0.15) is 13.3 Å². The van der Waals surface area contributed by atoms with Gasteiger partial charge < -0.3 is 10.1 Å². The molecule has 1 fully saturated rings. The topological polar surface area (TPSA) is 55.2 Å². The molecule has 0 aliphatic carbocycles.